The van der Waals surface area contributed by atoms with Gasteiger partial charge in [-0.3, -0.25) is 0 Å². The number of nitrogens with one attached hydrogen (secondary N) is 1. The Labute approximate surface area is 145 Å². The van der Waals surface area contributed by atoms with Gasteiger partial charge in [-0.25, -0.2) is 4.98 Å². The predicted molar refractivity (Wildman–Crippen MR) is 101 cm³/mol. The molecule has 0 amide bonds. The highest BCUT2D eigenvalue weighted by Crippen LogP contribution is 2.37. The fourth-order valence-electron chi connectivity index (χ4n) is 3.04. The molecule has 4 rings (SSSR count). The number of para-hydroxylation sites is 2. The summed E-state index contributed by atoms with van der Waals surface area (Å²) in [5.74, 6) is 0.886. The van der Waals surface area contributed by atoms with Crippen molar-refractivity contribution in [2.75, 3.05) is 6.61 Å². The molecule has 0 aliphatic carbocycles. The first kappa shape index (κ1) is 15.0. The fourth-order valence-corrected chi connectivity index (χ4v) is 3.88. The summed E-state index contributed by atoms with van der Waals surface area (Å²) in [6.07, 6.45) is 0. The van der Waals surface area contributed by atoms with Gasteiger partial charge in [-0.2, -0.15) is 0 Å². The van der Waals surface area contributed by atoms with Crippen molar-refractivity contribution in [3.8, 4) is 27.6 Å². The lowest BCUT2D eigenvalue weighted by molar-refractivity contribution is 0.341. The summed E-state index contributed by atoms with van der Waals surface area (Å²) >= 11 is 1.65. The molecular weight excluding hydrogens is 316 g/mol. The van der Waals surface area contributed by atoms with Crippen molar-refractivity contribution < 1.29 is 4.74 Å². The second kappa shape index (κ2) is 6.13. The molecule has 24 heavy (non-hydrogen) atoms. The third kappa shape index (κ3) is 2.49. The molecule has 0 saturated heterocycles. The van der Waals surface area contributed by atoms with Crippen LogP contribution in [0.4, 0.5) is 0 Å². The van der Waals surface area contributed by atoms with Gasteiger partial charge in [0.2, 0.25) is 0 Å². The van der Waals surface area contributed by atoms with E-state index in [9.17, 15) is 0 Å². The Kier molecular flexibility index (Phi) is 3.82. The number of H-pyrrole nitrogens is 1. The number of rotatable bonds is 4. The molecule has 1 N–H and O–H groups in total. The SMILES string of the molecule is CCOc1ccccc1-c1nc(-c2c(C)[nH]c3ccccc23)cs1. The zero-order chi connectivity index (χ0) is 16.5. The Bertz CT molecular complexity index is 1000. The number of ether oxygens (including phenoxy) is 1. The zero-order valence-corrected chi connectivity index (χ0v) is 14.5. The molecule has 0 fully saturated rings. The first-order valence-corrected chi connectivity index (χ1v) is 8.91. The second-order valence-electron chi connectivity index (χ2n) is 5.64. The van der Waals surface area contributed by atoms with Crippen molar-refractivity contribution in [1.82, 2.24) is 9.97 Å². The summed E-state index contributed by atoms with van der Waals surface area (Å²) in [6.45, 7) is 4.75. The van der Waals surface area contributed by atoms with Gasteiger partial charge in [-0.05, 0) is 32.0 Å². The van der Waals surface area contributed by atoms with Crippen LogP contribution in [-0.4, -0.2) is 16.6 Å². The standard InChI is InChI=1S/C20H18N2OS/c1-3-23-18-11-7-5-9-15(18)20-22-17(12-24-20)19-13(2)21-16-10-6-4-8-14(16)19/h4-12,21H,3H2,1-2H3. The normalized spacial score (nSPS) is 11.1. The minimum absolute atomic E-state index is 0.650. The van der Waals surface area contributed by atoms with Crippen molar-refractivity contribution in [2.45, 2.75) is 13.8 Å². The lowest BCUT2D eigenvalue weighted by Gasteiger charge is -2.07. The van der Waals surface area contributed by atoms with Crippen LogP contribution in [0.3, 0.4) is 0 Å². The average Bonchev–Trinajstić information content (AvgIpc) is 3.19. The predicted octanol–water partition coefficient (Wildman–Crippen LogP) is 5.67. The summed E-state index contributed by atoms with van der Waals surface area (Å²) in [7, 11) is 0. The largest absolute Gasteiger partial charge is 0.493 e. The van der Waals surface area contributed by atoms with Crippen LogP contribution in [0.2, 0.25) is 0 Å². The maximum absolute atomic E-state index is 5.75. The summed E-state index contributed by atoms with van der Waals surface area (Å²) in [4.78, 5) is 8.34. The Morgan fingerprint density at radius 1 is 1.08 bits per heavy atom. The first-order valence-electron chi connectivity index (χ1n) is 8.03. The van der Waals surface area contributed by atoms with Gasteiger partial charge in [0, 0.05) is 27.5 Å². The van der Waals surface area contributed by atoms with E-state index < -0.39 is 0 Å². The number of aromatic amines is 1. The molecule has 0 radical (unpaired) electrons. The van der Waals surface area contributed by atoms with E-state index >= 15 is 0 Å². The van der Waals surface area contributed by atoms with Crippen LogP contribution in [0.25, 0.3) is 32.7 Å². The van der Waals surface area contributed by atoms with E-state index in [2.05, 4.69) is 41.6 Å². The van der Waals surface area contributed by atoms with Crippen molar-refractivity contribution in [1.29, 1.82) is 0 Å². The van der Waals surface area contributed by atoms with Crippen molar-refractivity contribution in [3.63, 3.8) is 0 Å². The Morgan fingerprint density at radius 3 is 2.75 bits per heavy atom. The number of nitrogens with zero attached hydrogens (tertiary/aromatic N) is 1. The Hall–Kier alpha value is -2.59. The molecule has 0 bridgehead atoms. The van der Waals surface area contributed by atoms with Crippen LogP contribution >= 0.6 is 11.3 Å². The topological polar surface area (TPSA) is 37.9 Å². The van der Waals surface area contributed by atoms with Crippen LogP contribution in [-0.2, 0) is 0 Å². The molecule has 2 aromatic heterocycles. The molecule has 0 saturated carbocycles. The highest BCUT2D eigenvalue weighted by atomic mass is 32.1. The highest BCUT2D eigenvalue weighted by molar-refractivity contribution is 7.13. The van der Waals surface area contributed by atoms with Crippen molar-refractivity contribution in [3.05, 3.63) is 59.6 Å². The Balaban J connectivity index is 1.82. The molecule has 4 heteroatoms. The van der Waals surface area contributed by atoms with Gasteiger partial charge in [-0.1, -0.05) is 30.3 Å². The number of aryl methyl sites for hydroxylation is 1. The molecule has 0 aliphatic heterocycles. The van der Waals surface area contributed by atoms with E-state index in [0.29, 0.717) is 6.61 Å². The van der Waals surface area contributed by atoms with Crippen LogP contribution in [0.1, 0.15) is 12.6 Å². The third-order valence-electron chi connectivity index (χ3n) is 4.07. The van der Waals surface area contributed by atoms with E-state index in [-0.39, 0.29) is 0 Å². The van der Waals surface area contributed by atoms with Crippen LogP contribution < -0.4 is 4.74 Å². The van der Waals surface area contributed by atoms with E-state index in [1.54, 1.807) is 11.3 Å². The van der Waals surface area contributed by atoms with Gasteiger partial charge in [0.05, 0.1) is 17.9 Å². The zero-order valence-electron chi connectivity index (χ0n) is 13.7. The molecule has 3 nitrogen and oxygen atoms in total. The number of fused-ring (bicyclic) bond motifs is 1. The summed E-state index contributed by atoms with van der Waals surface area (Å²) < 4.78 is 5.75. The molecule has 120 valence electrons. The van der Waals surface area contributed by atoms with E-state index in [4.69, 9.17) is 9.72 Å². The Morgan fingerprint density at radius 2 is 1.88 bits per heavy atom. The number of thiazole rings is 1. The minimum Gasteiger partial charge on any atom is -0.493 e. The third-order valence-corrected chi connectivity index (χ3v) is 4.95. The van der Waals surface area contributed by atoms with Gasteiger partial charge >= 0.3 is 0 Å². The first-order chi connectivity index (χ1) is 11.8. The van der Waals surface area contributed by atoms with Gasteiger partial charge < -0.3 is 9.72 Å². The monoisotopic (exact) mass is 334 g/mol. The lowest BCUT2D eigenvalue weighted by atomic mass is 10.1. The van der Waals surface area contributed by atoms with Crippen LogP contribution in [0.15, 0.2) is 53.9 Å². The number of hydrogen-bond donors (Lipinski definition) is 1. The van der Waals surface area contributed by atoms with Gasteiger partial charge in [0.1, 0.15) is 10.8 Å². The summed E-state index contributed by atoms with van der Waals surface area (Å²) in [5, 5.41) is 4.32. The van der Waals surface area contributed by atoms with E-state index in [0.717, 1.165) is 33.2 Å². The lowest BCUT2D eigenvalue weighted by Crippen LogP contribution is -1.93. The number of benzene rings is 2. The van der Waals surface area contributed by atoms with Crippen molar-refractivity contribution >= 4 is 22.2 Å². The van der Waals surface area contributed by atoms with Gasteiger partial charge in [0.25, 0.3) is 0 Å². The maximum Gasteiger partial charge on any atom is 0.129 e. The molecule has 0 aliphatic rings. The molecule has 0 spiro atoms. The van der Waals surface area contributed by atoms with E-state index in [1.165, 1.54) is 10.9 Å². The number of aromatic nitrogens is 2. The second-order valence-corrected chi connectivity index (χ2v) is 6.50. The van der Waals surface area contributed by atoms with Gasteiger partial charge in [-0.15, -0.1) is 11.3 Å². The summed E-state index contributed by atoms with van der Waals surface area (Å²) in [5.41, 5.74) is 5.53. The maximum atomic E-state index is 5.75. The fraction of sp³-hybridized carbons (Fsp3) is 0.150. The van der Waals surface area contributed by atoms with Gasteiger partial charge in [0.15, 0.2) is 0 Å². The molecule has 4 aromatic rings. The highest BCUT2D eigenvalue weighted by Gasteiger charge is 2.15. The smallest absolute Gasteiger partial charge is 0.129 e. The van der Waals surface area contributed by atoms with Crippen LogP contribution in [0.5, 0.6) is 5.75 Å². The molecular formula is C20H18N2OS. The van der Waals surface area contributed by atoms with Crippen molar-refractivity contribution in [2.24, 2.45) is 0 Å². The molecule has 0 atom stereocenters. The minimum atomic E-state index is 0.650. The quantitative estimate of drug-likeness (QED) is 0.522. The molecule has 2 aromatic carbocycles. The van der Waals surface area contributed by atoms with E-state index in [1.807, 2.05) is 31.2 Å². The molecule has 0 unspecified atom stereocenters. The average molecular weight is 334 g/mol. The van der Waals surface area contributed by atoms with Crippen LogP contribution in [0, 0.1) is 6.92 Å². The summed E-state index contributed by atoms with van der Waals surface area (Å²) in [6, 6.07) is 16.4. The molecule has 2 heterocycles. The number of hydrogen-bond acceptors (Lipinski definition) is 3.